The molecule has 0 saturated heterocycles. The summed E-state index contributed by atoms with van der Waals surface area (Å²) in [6.45, 7) is 21.6. The summed E-state index contributed by atoms with van der Waals surface area (Å²) in [6.07, 6.45) is 32.6. The van der Waals surface area contributed by atoms with Gasteiger partial charge in [-0.1, -0.05) is 146 Å². The Balaban J connectivity index is 1.90. The summed E-state index contributed by atoms with van der Waals surface area (Å²) in [7, 11) is 0. The van der Waals surface area contributed by atoms with Crippen LogP contribution in [-0.4, -0.2) is 22.4 Å². The molecule has 0 aromatic rings. The summed E-state index contributed by atoms with van der Waals surface area (Å²) in [5.74, 6) is 0. The van der Waals surface area contributed by atoms with Crippen LogP contribution in [0.15, 0.2) is 130 Å². The molecule has 0 unspecified atom stereocenters. The maximum Gasteiger partial charge on any atom is 0.0585 e. The molecule has 2 aliphatic carbocycles. The minimum Gasteiger partial charge on any atom is -0.393 e. The van der Waals surface area contributed by atoms with Crippen LogP contribution in [0.25, 0.3) is 0 Å². The molecule has 0 radical (unpaired) electrons. The predicted octanol–water partition coefficient (Wildman–Crippen LogP) is 10.5. The van der Waals surface area contributed by atoms with Crippen molar-refractivity contribution in [1.82, 2.24) is 0 Å². The van der Waals surface area contributed by atoms with Crippen LogP contribution in [0.3, 0.4) is 0 Å². The third kappa shape index (κ3) is 11.7. The number of hydrogen-bond acceptors (Lipinski definition) is 2. The Morgan fingerprint density at radius 3 is 1.19 bits per heavy atom. The molecule has 228 valence electrons. The first-order valence-corrected chi connectivity index (χ1v) is 15.5. The molecule has 2 N–H and O–H groups in total. The van der Waals surface area contributed by atoms with Crippen molar-refractivity contribution in [3.8, 4) is 0 Å². The van der Waals surface area contributed by atoms with Gasteiger partial charge in [-0.2, -0.15) is 0 Å². The summed E-state index contributed by atoms with van der Waals surface area (Å²) in [6, 6.07) is 0. The van der Waals surface area contributed by atoms with Crippen LogP contribution in [0, 0.1) is 10.8 Å². The van der Waals surface area contributed by atoms with Crippen molar-refractivity contribution in [3.05, 3.63) is 130 Å². The lowest BCUT2D eigenvalue weighted by Gasteiger charge is -2.35. The van der Waals surface area contributed by atoms with Gasteiger partial charge in [0.1, 0.15) is 0 Å². The average Bonchev–Trinajstić information content (AvgIpc) is 2.84. The zero-order chi connectivity index (χ0) is 31.5. The summed E-state index contributed by atoms with van der Waals surface area (Å²) in [4.78, 5) is 0. The summed E-state index contributed by atoms with van der Waals surface area (Å²) in [5, 5.41) is 20.2. The van der Waals surface area contributed by atoms with Crippen LogP contribution < -0.4 is 0 Å². The molecule has 42 heavy (non-hydrogen) atoms. The average molecular weight is 569 g/mol. The van der Waals surface area contributed by atoms with Crippen molar-refractivity contribution in [2.24, 2.45) is 10.8 Å². The van der Waals surface area contributed by atoms with Crippen LogP contribution in [-0.2, 0) is 0 Å². The molecule has 0 aliphatic heterocycles. The van der Waals surface area contributed by atoms with E-state index in [9.17, 15) is 10.2 Å². The monoisotopic (exact) mass is 568 g/mol. The molecule has 2 aliphatic rings. The lowest BCUT2D eigenvalue weighted by molar-refractivity contribution is 0.116. The molecule has 0 aromatic heterocycles. The highest BCUT2D eigenvalue weighted by atomic mass is 16.3. The van der Waals surface area contributed by atoms with Gasteiger partial charge in [-0.15, -0.1) is 0 Å². The van der Waals surface area contributed by atoms with Gasteiger partial charge in [0.25, 0.3) is 0 Å². The fourth-order valence-corrected chi connectivity index (χ4v) is 6.13. The second-order valence-electron chi connectivity index (χ2n) is 13.7. The highest BCUT2D eigenvalue weighted by molar-refractivity contribution is 5.39. The molecule has 2 nitrogen and oxygen atoms in total. The van der Waals surface area contributed by atoms with Gasteiger partial charge >= 0.3 is 0 Å². The van der Waals surface area contributed by atoms with E-state index in [4.69, 9.17) is 0 Å². The van der Waals surface area contributed by atoms with Crippen molar-refractivity contribution in [3.63, 3.8) is 0 Å². The second-order valence-corrected chi connectivity index (χ2v) is 13.7. The second kappa shape index (κ2) is 16.1. The van der Waals surface area contributed by atoms with E-state index < -0.39 is 0 Å². The molecule has 2 rings (SSSR count). The molecule has 0 aromatic carbocycles. The number of aliphatic hydroxyl groups excluding tert-OH is 2. The largest absolute Gasteiger partial charge is 0.393 e. The Morgan fingerprint density at radius 2 is 0.857 bits per heavy atom. The number of aliphatic hydroxyl groups is 2. The first-order chi connectivity index (χ1) is 19.6. The van der Waals surface area contributed by atoms with E-state index in [1.165, 1.54) is 44.6 Å². The van der Waals surface area contributed by atoms with E-state index in [0.29, 0.717) is 0 Å². The van der Waals surface area contributed by atoms with Gasteiger partial charge in [0.2, 0.25) is 0 Å². The molecule has 0 amide bonds. The van der Waals surface area contributed by atoms with E-state index in [1.807, 2.05) is 0 Å². The SMILES string of the molecule is CC(C=CC1=C(C)C[C@@H](O)CC1(C)C)=CC=CC(C)=C/C=C/C=C(C)C=CC=C(C)C=CC1=C(C)C[C@@H](O)CC1(C)C. The Morgan fingerprint density at radius 1 is 0.548 bits per heavy atom. The first-order valence-electron chi connectivity index (χ1n) is 15.5. The lowest BCUT2D eigenvalue weighted by Crippen LogP contribution is -2.28. The van der Waals surface area contributed by atoms with Crippen LogP contribution >= 0.6 is 0 Å². The highest BCUT2D eigenvalue weighted by Crippen LogP contribution is 2.42. The molecule has 2 atom stereocenters. The van der Waals surface area contributed by atoms with Crippen molar-refractivity contribution in [2.75, 3.05) is 0 Å². The van der Waals surface area contributed by atoms with Gasteiger partial charge in [-0.05, 0) is 89.2 Å². The van der Waals surface area contributed by atoms with Gasteiger partial charge < -0.3 is 10.2 Å². The normalized spacial score (nSPS) is 25.0. The van der Waals surface area contributed by atoms with Crippen LogP contribution in [0.4, 0.5) is 0 Å². The van der Waals surface area contributed by atoms with E-state index in [0.717, 1.165) is 25.7 Å². The third-order valence-corrected chi connectivity index (χ3v) is 8.24. The minimum absolute atomic E-state index is 0.00547. The molecule has 0 fully saturated rings. The van der Waals surface area contributed by atoms with Gasteiger partial charge in [0.15, 0.2) is 0 Å². The molecule has 0 saturated carbocycles. The Hall–Kier alpha value is -2.94. The van der Waals surface area contributed by atoms with E-state index in [2.05, 4.69) is 154 Å². The first kappa shape index (κ1) is 35.3. The van der Waals surface area contributed by atoms with Crippen molar-refractivity contribution in [1.29, 1.82) is 0 Å². The molecular weight excluding hydrogens is 512 g/mol. The predicted molar refractivity (Wildman–Crippen MR) is 184 cm³/mol. The zero-order valence-electron chi connectivity index (χ0n) is 28.0. The zero-order valence-corrected chi connectivity index (χ0v) is 28.0. The Labute approximate surface area is 257 Å². The standard InChI is InChI=1S/C40H56O2/c1-29(17-13-19-31(3)21-23-37-33(5)25-35(41)27-39(37,7)8)15-11-12-16-30(2)18-14-20-32(4)22-24-38-34(6)26-36(42)28-40(38,9)10/h11-24,35-36,41-42H,25-28H2,1-10H3/b12-11+,17-13?,18-14?,23-21?,24-22?,29-15?,30-16?,31-19?,32-20?/t35-,36-/m1/s1. The van der Waals surface area contributed by atoms with Gasteiger partial charge in [0, 0.05) is 0 Å². The molecule has 2 heteroatoms. The lowest BCUT2D eigenvalue weighted by atomic mass is 9.71. The molecule has 0 heterocycles. The molecule has 0 bridgehead atoms. The van der Waals surface area contributed by atoms with Crippen LogP contribution in [0.5, 0.6) is 0 Å². The van der Waals surface area contributed by atoms with Crippen molar-refractivity contribution < 1.29 is 10.2 Å². The van der Waals surface area contributed by atoms with Gasteiger partial charge in [0.05, 0.1) is 12.2 Å². The highest BCUT2D eigenvalue weighted by Gasteiger charge is 2.32. The van der Waals surface area contributed by atoms with Gasteiger partial charge in [-0.25, -0.2) is 0 Å². The minimum atomic E-state index is -0.227. The maximum atomic E-state index is 10.1. The fraction of sp³-hybridized carbons (Fsp3) is 0.450. The summed E-state index contributed by atoms with van der Waals surface area (Å²) in [5.41, 5.74) is 10.1. The number of allylic oxidation sites excluding steroid dienone is 20. The van der Waals surface area contributed by atoms with E-state index in [-0.39, 0.29) is 23.0 Å². The maximum absolute atomic E-state index is 10.1. The van der Waals surface area contributed by atoms with E-state index >= 15 is 0 Å². The number of hydrogen-bond donors (Lipinski definition) is 2. The van der Waals surface area contributed by atoms with Crippen LogP contribution in [0.2, 0.25) is 0 Å². The third-order valence-electron chi connectivity index (χ3n) is 8.24. The van der Waals surface area contributed by atoms with Crippen molar-refractivity contribution in [2.45, 2.75) is 107 Å². The van der Waals surface area contributed by atoms with Crippen LogP contribution in [0.1, 0.15) is 94.9 Å². The Bertz CT molecular complexity index is 1190. The molecule has 0 spiro atoms. The summed E-state index contributed by atoms with van der Waals surface area (Å²) >= 11 is 0. The molecular formula is C40H56O2. The van der Waals surface area contributed by atoms with Crippen molar-refractivity contribution >= 4 is 0 Å². The van der Waals surface area contributed by atoms with Gasteiger partial charge in [-0.3, -0.25) is 0 Å². The van der Waals surface area contributed by atoms with E-state index in [1.54, 1.807) is 0 Å². The summed E-state index contributed by atoms with van der Waals surface area (Å²) < 4.78 is 0. The Kier molecular flexibility index (Phi) is 13.5. The number of rotatable bonds is 10. The smallest absolute Gasteiger partial charge is 0.0585 e. The fourth-order valence-electron chi connectivity index (χ4n) is 6.13. The quantitative estimate of drug-likeness (QED) is 0.257. The topological polar surface area (TPSA) is 40.5 Å².